The fourth-order valence-corrected chi connectivity index (χ4v) is 4.90. The van der Waals surface area contributed by atoms with Crippen LogP contribution in [0.1, 0.15) is 26.3 Å². The molecular formula is C37H37ClFN3O6. The van der Waals surface area contributed by atoms with Crippen LogP contribution in [-0.4, -0.2) is 54.6 Å². The molecule has 1 N–H and O–H groups in total. The summed E-state index contributed by atoms with van der Waals surface area (Å²) in [7, 11) is 0. The number of ether oxygens (including phenoxy) is 5. The molecule has 1 aromatic heterocycles. The predicted octanol–water partition coefficient (Wildman–Crippen LogP) is 8.17. The largest absolute Gasteiger partial charge is 0.491 e. The first kappa shape index (κ1) is 34.6. The number of nitrogens with one attached hydrogen (secondary N) is 1. The van der Waals surface area contributed by atoms with Crippen molar-refractivity contribution in [1.82, 2.24) is 9.97 Å². The van der Waals surface area contributed by atoms with Crippen molar-refractivity contribution in [3.8, 4) is 22.6 Å². The van der Waals surface area contributed by atoms with Gasteiger partial charge in [0.1, 0.15) is 54.9 Å². The lowest BCUT2D eigenvalue weighted by Gasteiger charge is -2.19. The third-order valence-corrected chi connectivity index (χ3v) is 7.10. The van der Waals surface area contributed by atoms with Crippen molar-refractivity contribution in [3.63, 3.8) is 0 Å². The van der Waals surface area contributed by atoms with Crippen molar-refractivity contribution in [2.75, 3.05) is 38.4 Å². The van der Waals surface area contributed by atoms with Crippen LogP contribution >= 0.6 is 11.6 Å². The molecule has 5 rings (SSSR count). The van der Waals surface area contributed by atoms with Gasteiger partial charge in [0, 0.05) is 11.1 Å². The van der Waals surface area contributed by atoms with E-state index in [-0.39, 0.29) is 25.6 Å². The molecule has 48 heavy (non-hydrogen) atoms. The van der Waals surface area contributed by atoms with Crippen LogP contribution in [0, 0.1) is 5.82 Å². The molecule has 1 heterocycles. The third-order valence-electron chi connectivity index (χ3n) is 6.81. The fraction of sp³-hybridized carbons (Fsp3) is 0.270. The number of benzene rings is 4. The zero-order chi connectivity index (χ0) is 33.9. The summed E-state index contributed by atoms with van der Waals surface area (Å²) in [6.45, 7) is 6.91. The van der Waals surface area contributed by atoms with Crippen LogP contribution in [0.3, 0.4) is 0 Å². The van der Waals surface area contributed by atoms with Crippen molar-refractivity contribution in [3.05, 3.63) is 108 Å². The fourth-order valence-electron chi connectivity index (χ4n) is 4.66. The first-order valence-electron chi connectivity index (χ1n) is 15.4. The second-order valence-electron chi connectivity index (χ2n) is 11.8. The number of carbonyl (C=O) groups excluding carboxylic acids is 1. The van der Waals surface area contributed by atoms with Gasteiger partial charge in [-0.25, -0.2) is 19.2 Å². The number of rotatable bonds is 15. The lowest BCUT2D eigenvalue weighted by atomic mass is 10.0. The lowest BCUT2D eigenvalue weighted by Crippen LogP contribution is -2.27. The van der Waals surface area contributed by atoms with Crippen molar-refractivity contribution < 1.29 is 32.9 Å². The van der Waals surface area contributed by atoms with Gasteiger partial charge in [0.15, 0.2) is 0 Å². The second-order valence-corrected chi connectivity index (χ2v) is 12.2. The van der Waals surface area contributed by atoms with E-state index in [0.717, 1.165) is 33.5 Å². The molecule has 11 heteroatoms. The van der Waals surface area contributed by atoms with Crippen molar-refractivity contribution in [2.45, 2.75) is 33.0 Å². The summed E-state index contributed by atoms with van der Waals surface area (Å²) in [4.78, 5) is 20.6. The summed E-state index contributed by atoms with van der Waals surface area (Å²) in [5.74, 6) is 1.12. The molecule has 0 radical (unpaired) electrons. The average Bonchev–Trinajstić information content (AvgIpc) is 3.05. The Labute approximate surface area is 283 Å². The molecule has 250 valence electrons. The van der Waals surface area contributed by atoms with Crippen molar-refractivity contribution in [2.24, 2.45) is 0 Å². The van der Waals surface area contributed by atoms with Gasteiger partial charge >= 0.3 is 5.97 Å². The minimum Gasteiger partial charge on any atom is -0.491 e. The van der Waals surface area contributed by atoms with Crippen molar-refractivity contribution in [1.29, 1.82) is 0 Å². The highest BCUT2D eigenvalue weighted by Crippen LogP contribution is 2.33. The molecule has 0 unspecified atom stereocenters. The summed E-state index contributed by atoms with van der Waals surface area (Å²) < 4.78 is 41.1. The summed E-state index contributed by atoms with van der Waals surface area (Å²) in [5, 5.41) is 4.59. The molecule has 5 aromatic rings. The molecule has 0 fully saturated rings. The Balaban J connectivity index is 1.12. The number of halogens is 2. The highest BCUT2D eigenvalue weighted by Gasteiger charge is 2.16. The highest BCUT2D eigenvalue weighted by molar-refractivity contribution is 6.32. The van der Waals surface area contributed by atoms with E-state index in [2.05, 4.69) is 15.3 Å². The molecule has 0 bridgehead atoms. The Bertz CT molecular complexity index is 1830. The SMILES string of the molecule is CC(C)(C)OC(=O)COCCOCCOc1ccc(-c2ccc3ncnc(Nc4ccc(OCc5cccc(F)c5)c(Cl)c4)c3c2)cc1. The van der Waals surface area contributed by atoms with E-state index < -0.39 is 11.6 Å². The van der Waals surface area contributed by atoms with Crippen LogP contribution < -0.4 is 14.8 Å². The van der Waals surface area contributed by atoms with E-state index >= 15 is 0 Å². The number of aromatic nitrogens is 2. The van der Waals surface area contributed by atoms with E-state index in [9.17, 15) is 9.18 Å². The summed E-state index contributed by atoms with van der Waals surface area (Å²) in [5.41, 5.74) is 3.67. The molecule has 0 amide bonds. The third kappa shape index (κ3) is 10.4. The monoisotopic (exact) mass is 673 g/mol. The van der Waals surface area contributed by atoms with E-state index in [1.165, 1.54) is 18.5 Å². The normalized spacial score (nSPS) is 11.4. The summed E-state index contributed by atoms with van der Waals surface area (Å²) in [6.07, 6.45) is 1.51. The van der Waals surface area contributed by atoms with E-state index in [1.54, 1.807) is 24.3 Å². The molecule has 0 saturated heterocycles. The van der Waals surface area contributed by atoms with Gasteiger partial charge in [-0.3, -0.25) is 0 Å². The average molecular weight is 674 g/mol. The van der Waals surface area contributed by atoms with Crippen LogP contribution in [-0.2, 0) is 25.6 Å². The molecule has 0 aliphatic heterocycles. The number of carbonyl (C=O) groups is 1. The molecule has 0 aliphatic rings. The number of nitrogens with zero attached hydrogens (tertiary/aromatic N) is 2. The zero-order valence-corrected chi connectivity index (χ0v) is 27.8. The maximum Gasteiger partial charge on any atom is 0.332 e. The maximum absolute atomic E-state index is 13.5. The van der Waals surface area contributed by atoms with Gasteiger partial charge in [0.2, 0.25) is 0 Å². The topological polar surface area (TPSA) is 101 Å². The first-order chi connectivity index (χ1) is 23.1. The Kier molecular flexibility index (Phi) is 11.8. The number of fused-ring (bicyclic) bond motifs is 1. The Morgan fingerprint density at radius 2 is 1.60 bits per heavy atom. The lowest BCUT2D eigenvalue weighted by molar-refractivity contribution is -0.160. The van der Waals surface area contributed by atoms with Gasteiger partial charge in [0.05, 0.1) is 30.4 Å². The molecule has 0 aliphatic carbocycles. The van der Waals surface area contributed by atoms with E-state index in [1.807, 2.05) is 69.3 Å². The number of hydrogen-bond acceptors (Lipinski definition) is 9. The molecule has 0 spiro atoms. The molecule has 0 atom stereocenters. The molecule has 0 saturated carbocycles. The standard InChI is InChI=1S/C37H37ClFN3O6/c1-37(2,3)48-35(43)23-45-16-15-44-17-18-46-30-11-7-26(8-12-30)27-9-13-33-31(20-27)36(41-24-40-33)42-29-10-14-34(32(38)21-29)47-22-25-5-4-6-28(39)19-25/h4-14,19-21,24H,15-18,22-23H2,1-3H3,(H,40,41,42). The Hall–Kier alpha value is -4.77. The smallest absolute Gasteiger partial charge is 0.332 e. The zero-order valence-electron chi connectivity index (χ0n) is 27.0. The first-order valence-corrected chi connectivity index (χ1v) is 15.8. The quantitative estimate of drug-likeness (QED) is 0.0871. The number of anilines is 2. The Morgan fingerprint density at radius 1 is 0.833 bits per heavy atom. The number of hydrogen-bond donors (Lipinski definition) is 1. The number of esters is 1. The maximum atomic E-state index is 13.5. The van der Waals surface area contributed by atoms with E-state index in [0.29, 0.717) is 42.0 Å². The molecular weight excluding hydrogens is 637 g/mol. The Morgan fingerprint density at radius 3 is 2.38 bits per heavy atom. The van der Waals surface area contributed by atoms with Gasteiger partial charge in [-0.05, 0) is 92.1 Å². The molecule has 4 aromatic carbocycles. The molecule has 9 nitrogen and oxygen atoms in total. The predicted molar refractivity (Wildman–Crippen MR) is 183 cm³/mol. The summed E-state index contributed by atoms with van der Waals surface area (Å²) >= 11 is 6.51. The van der Waals surface area contributed by atoms with Gasteiger partial charge in [-0.2, -0.15) is 0 Å². The van der Waals surface area contributed by atoms with Crippen LogP contribution in [0.5, 0.6) is 11.5 Å². The van der Waals surface area contributed by atoms with Crippen LogP contribution in [0.15, 0.2) is 91.3 Å². The van der Waals surface area contributed by atoms with Crippen LogP contribution in [0.4, 0.5) is 15.9 Å². The minimum absolute atomic E-state index is 0.106. The van der Waals surface area contributed by atoms with Crippen molar-refractivity contribution >= 4 is 40.0 Å². The highest BCUT2D eigenvalue weighted by atomic mass is 35.5. The van der Waals surface area contributed by atoms with E-state index in [4.69, 9.17) is 35.3 Å². The summed E-state index contributed by atoms with van der Waals surface area (Å²) in [6, 6.07) is 25.4. The van der Waals surface area contributed by atoms with Crippen LogP contribution in [0.2, 0.25) is 5.02 Å². The van der Waals surface area contributed by atoms with Gasteiger partial charge in [-0.1, -0.05) is 41.9 Å². The van der Waals surface area contributed by atoms with Crippen LogP contribution in [0.25, 0.3) is 22.0 Å². The second kappa shape index (κ2) is 16.4. The minimum atomic E-state index is -0.533. The van der Waals surface area contributed by atoms with Gasteiger partial charge < -0.3 is 29.0 Å². The van der Waals surface area contributed by atoms with Gasteiger partial charge in [-0.15, -0.1) is 0 Å². The van der Waals surface area contributed by atoms with Gasteiger partial charge in [0.25, 0.3) is 0 Å².